The molecule has 6 aromatic carbocycles. The molecule has 4 aliphatic heterocycles. The van der Waals surface area contributed by atoms with E-state index in [9.17, 15) is 0 Å². The van der Waals surface area contributed by atoms with Crippen molar-refractivity contribution in [2.75, 3.05) is 9.71 Å². The highest BCUT2D eigenvalue weighted by molar-refractivity contribution is 6.94. The quantitative estimate of drug-likeness (QED) is 0.158. The summed E-state index contributed by atoms with van der Waals surface area (Å²) in [6.07, 6.45) is 0. The molecule has 0 saturated carbocycles. The van der Waals surface area contributed by atoms with Crippen LogP contribution in [0, 0.1) is 6.92 Å². The molecule has 55 heavy (non-hydrogen) atoms. The molecule has 274 valence electrons. The van der Waals surface area contributed by atoms with Crippen LogP contribution in [-0.2, 0) is 16.2 Å². The lowest BCUT2D eigenvalue weighted by molar-refractivity contribution is 0.361. The van der Waals surface area contributed by atoms with Crippen molar-refractivity contribution in [3.8, 4) is 45.6 Å². The number of benzene rings is 6. The van der Waals surface area contributed by atoms with Crippen molar-refractivity contribution < 1.29 is 14.2 Å². The number of para-hydroxylation sites is 2. The molecule has 4 heterocycles. The van der Waals surface area contributed by atoms with Crippen LogP contribution in [0.3, 0.4) is 0 Å². The van der Waals surface area contributed by atoms with Gasteiger partial charge in [0.2, 0.25) is 0 Å². The van der Waals surface area contributed by atoms with Gasteiger partial charge in [-0.3, -0.25) is 0 Å². The van der Waals surface area contributed by atoms with E-state index in [0.717, 1.165) is 51.1 Å². The van der Waals surface area contributed by atoms with Crippen molar-refractivity contribution in [2.24, 2.45) is 0 Å². The Labute approximate surface area is 325 Å². The fourth-order valence-corrected chi connectivity index (χ4v) is 8.78. The molecule has 0 amide bonds. The zero-order chi connectivity index (χ0) is 38.3. The second kappa shape index (κ2) is 11.2. The molecular formula is C49H47BN2O3. The molecule has 0 bridgehead atoms. The van der Waals surface area contributed by atoms with Crippen molar-refractivity contribution >= 4 is 46.2 Å². The second-order valence-corrected chi connectivity index (χ2v) is 18.8. The molecule has 0 atom stereocenters. The molecule has 0 fully saturated rings. The monoisotopic (exact) mass is 722 g/mol. The second-order valence-electron chi connectivity index (χ2n) is 18.8. The Bertz CT molecular complexity index is 2610. The first-order valence-electron chi connectivity index (χ1n) is 19.5. The van der Waals surface area contributed by atoms with E-state index in [2.05, 4.69) is 158 Å². The third kappa shape index (κ3) is 5.06. The van der Waals surface area contributed by atoms with Gasteiger partial charge in [0.25, 0.3) is 0 Å². The highest BCUT2D eigenvalue weighted by Crippen LogP contribution is 2.59. The predicted octanol–water partition coefficient (Wildman–Crippen LogP) is 12.6. The molecule has 5 nitrogen and oxygen atoms in total. The van der Waals surface area contributed by atoms with E-state index in [0.29, 0.717) is 17.2 Å². The average Bonchev–Trinajstić information content (AvgIpc) is 3.13. The molecule has 0 saturated heterocycles. The fraction of sp³-hybridized carbons (Fsp3) is 0.265. The Hall–Kier alpha value is -5.62. The topological polar surface area (TPSA) is 34.2 Å². The molecular weight excluding hydrogens is 675 g/mol. The van der Waals surface area contributed by atoms with E-state index in [1.54, 1.807) is 0 Å². The number of ether oxygens (including phenoxy) is 3. The Kier molecular flexibility index (Phi) is 6.92. The van der Waals surface area contributed by atoms with Crippen LogP contribution >= 0.6 is 0 Å². The van der Waals surface area contributed by atoms with Crippen LogP contribution in [0.4, 0.5) is 28.4 Å². The summed E-state index contributed by atoms with van der Waals surface area (Å²) in [5, 5.41) is 0. The lowest BCUT2D eigenvalue weighted by Crippen LogP contribution is -2.62. The third-order valence-electron chi connectivity index (χ3n) is 11.8. The largest absolute Gasteiger partial charge is 0.453 e. The van der Waals surface area contributed by atoms with E-state index >= 15 is 0 Å². The van der Waals surface area contributed by atoms with Crippen LogP contribution < -0.4 is 34.8 Å². The standard InChI is InChI=1S/C49H47BN2O3/c1-28-23-33-34-25-31(49(8,9)10)27-42-44(34)52(36-21-17-30(48(5,6)7)26-41(36)54-42)50-35-20-22-40-46(55-39-14-12-11-13-38(39)53-40)45(35)51(37(24-28)43(33)50)32-18-15-29(16-19-32)47(2,3)4/h11-27H,1-10H3. The van der Waals surface area contributed by atoms with Gasteiger partial charge in [0.05, 0.1) is 17.1 Å². The van der Waals surface area contributed by atoms with Gasteiger partial charge in [0, 0.05) is 16.9 Å². The first kappa shape index (κ1) is 33.9. The van der Waals surface area contributed by atoms with Crippen LogP contribution in [0.15, 0.2) is 103 Å². The Morgan fingerprint density at radius 1 is 0.491 bits per heavy atom. The van der Waals surface area contributed by atoms with Gasteiger partial charge < -0.3 is 23.9 Å². The van der Waals surface area contributed by atoms with Crippen LogP contribution in [0.25, 0.3) is 11.1 Å². The van der Waals surface area contributed by atoms with Gasteiger partial charge in [-0.15, -0.1) is 0 Å². The van der Waals surface area contributed by atoms with Crippen molar-refractivity contribution in [1.82, 2.24) is 0 Å². The molecule has 0 aliphatic carbocycles. The summed E-state index contributed by atoms with van der Waals surface area (Å²) in [7, 11) is 0. The smallest absolute Gasteiger partial charge is 0.333 e. The summed E-state index contributed by atoms with van der Waals surface area (Å²) in [6.45, 7) is 22.5. The van der Waals surface area contributed by atoms with Gasteiger partial charge in [-0.25, -0.2) is 0 Å². The van der Waals surface area contributed by atoms with Crippen LogP contribution in [0.2, 0.25) is 0 Å². The average molecular weight is 723 g/mol. The number of fused-ring (bicyclic) bond motifs is 9. The van der Waals surface area contributed by atoms with Crippen molar-refractivity contribution in [3.63, 3.8) is 0 Å². The van der Waals surface area contributed by atoms with Gasteiger partial charge in [-0.2, -0.15) is 0 Å². The van der Waals surface area contributed by atoms with Gasteiger partial charge in [-0.1, -0.05) is 105 Å². The number of aryl methyl sites for hydroxylation is 1. The zero-order valence-electron chi connectivity index (χ0n) is 33.5. The number of rotatable bonds is 1. The van der Waals surface area contributed by atoms with Crippen molar-refractivity contribution in [3.05, 3.63) is 125 Å². The number of nitrogens with zero attached hydrogens (tertiary/aromatic N) is 2. The first-order chi connectivity index (χ1) is 26.1. The maximum absolute atomic E-state index is 7.03. The maximum Gasteiger partial charge on any atom is 0.333 e. The third-order valence-corrected chi connectivity index (χ3v) is 11.8. The summed E-state index contributed by atoms with van der Waals surface area (Å²) in [5.74, 6) is 4.61. The minimum absolute atomic E-state index is 0.0223. The maximum atomic E-state index is 7.03. The highest BCUT2D eigenvalue weighted by Gasteiger charge is 2.50. The predicted molar refractivity (Wildman–Crippen MR) is 228 cm³/mol. The van der Waals surface area contributed by atoms with Gasteiger partial charge in [-0.05, 0) is 123 Å². The molecule has 6 aromatic rings. The molecule has 6 heteroatoms. The first-order valence-corrected chi connectivity index (χ1v) is 19.5. The van der Waals surface area contributed by atoms with Gasteiger partial charge in [0.1, 0.15) is 5.75 Å². The summed E-state index contributed by atoms with van der Waals surface area (Å²) >= 11 is 0. The lowest BCUT2D eigenvalue weighted by Gasteiger charge is -2.48. The van der Waals surface area contributed by atoms with Crippen LogP contribution in [-0.4, -0.2) is 6.85 Å². The van der Waals surface area contributed by atoms with E-state index < -0.39 is 0 Å². The number of anilines is 5. The lowest BCUT2D eigenvalue weighted by atomic mass is 9.43. The van der Waals surface area contributed by atoms with E-state index in [1.165, 1.54) is 38.8 Å². The Morgan fingerprint density at radius 3 is 1.82 bits per heavy atom. The Morgan fingerprint density at radius 2 is 1.13 bits per heavy atom. The minimum Gasteiger partial charge on any atom is -0.453 e. The van der Waals surface area contributed by atoms with E-state index in [-0.39, 0.29) is 23.1 Å². The molecule has 4 aliphatic rings. The summed E-state index contributed by atoms with van der Waals surface area (Å²) < 4.78 is 20.6. The van der Waals surface area contributed by atoms with E-state index in [4.69, 9.17) is 14.2 Å². The number of hydrogen-bond donors (Lipinski definition) is 0. The van der Waals surface area contributed by atoms with Gasteiger partial charge in [0.15, 0.2) is 28.7 Å². The van der Waals surface area contributed by atoms with Crippen LogP contribution in [0.1, 0.15) is 84.6 Å². The van der Waals surface area contributed by atoms with E-state index in [1.807, 2.05) is 24.3 Å². The van der Waals surface area contributed by atoms with Crippen molar-refractivity contribution in [2.45, 2.75) is 85.5 Å². The summed E-state index contributed by atoms with van der Waals surface area (Å²) in [4.78, 5) is 4.97. The summed E-state index contributed by atoms with van der Waals surface area (Å²) in [6, 6.07) is 37.6. The van der Waals surface area contributed by atoms with Gasteiger partial charge >= 0.3 is 6.85 Å². The molecule has 0 N–H and O–H groups in total. The summed E-state index contributed by atoms with van der Waals surface area (Å²) in [5.41, 5.74) is 15.1. The molecule has 0 spiro atoms. The molecule has 0 aromatic heterocycles. The Balaban J connectivity index is 1.31. The fourth-order valence-electron chi connectivity index (χ4n) is 8.78. The SMILES string of the molecule is Cc1cc2c3c(c1)N(c1ccc(C(C)(C)C)cc1)c1c(ccc4c1Oc1ccccc1O4)B3N1c3ccc(C(C)(C)C)cc3Oc3cc(C(C)(C)C)cc-2c31. The van der Waals surface area contributed by atoms with Crippen molar-refractivity contribution in [1.29, 1.82) is 0 Å². The molecule has 10 rings (SSSR count). The molecule has 0 unspecified atom stereocenters. The normalized spacial score (nSPS) is 14.7. The molecule has 0 radical (unpaired) electrons. The minimum atomic E-state index is -0.174. The number of hydrogen-bond acceptors (Lipinski definition) is 5. The van der Waals surface area contributed by atoms with Crippen LogP contribution in [0.5, 0.6) is 34.5 Å². The zero-order valence-corrected chi connectivity index (χ0v) is 33.5. The highest BCUT2D eigenvalue weighted by atomic mass is 16.6.